The third-order valence-corrected chi connectivity index (χ3v) is 6.12. The molecule has 3 aromatic rings. The van der Waals surface area contributed by atoms with Crippen LogP contribution in [0, 0.1) is 18.3 Å². The number of rotatable bonds is 8. The maximum atomic E-state index is 12.7. The summed E-state index contributed by atoms with van der Waals surface area (Å²) in [5.74, 6) is 0.416. The Morgan fingerprint density at radius 2 is 1.88 bits per heavy atom. The van der Waals surface area contributed by atoms with E-state index in [2.05, 4.69) is 21.2 Å². The molecule has 1 amide bonds. The second-order valence-corrected chi connectivity index (χ2v) is 8.90. The van der Waals surface area contributed by atoms with Crippen molar-refractivity contribution in [1.82, 2.24) is 0 Å². The molecule has 0 radical (unpaired) electrons. The number of aryl methyl sites for hydroxylation is 1. The van der Waals surface area contributed by atoms with E-state index in [1.165, 1.54) is 11.6 Å². The zero-order valence-electron chi connectivity index (χ0n) is 18.5. The van der Waals surface area contributed by atoms with Crippen LogP contribution < -0.4 is 14.8 Å². The number of carbonyl (C=O) groups excluding carboxylic acids is 1. The summed E-state index contributed by atoms with van der Waals surface area (Å²) in [7, 11) is 0. The first-order valence-corrected chi connectivity index (χ1v) is 11.9. The fourth-order valence-electron chi connectivity index (χ4n) is 3.02. The van der Waals surface area contributed by atoms with Crippen LogP contribution in [0.5, 0.6) is 11.5 Å². The summed E-state index contributed by atoms with van der Waals surface area (Å²) in [5, 5.41) is 12.7. The van der Waals surface area contributed by atoms with Crippen molar-refractivity contribution in [1.29, 1.82) is 5.26 Å². The molecule has 0 aliphatic heterocycles. The number of nitrogens with one attached hydrogen (secondary N) is 1. The van der Waals surface area contributed by atoms with Gasteiger partial charge in [0.25, 0.3) is 5.91 Å². The van der Waals surface area contributed by atoms with E-state index in [0.717, 1.165) is 5.56 Å². The van der Waals surface area contributed by atoms with Gasteiger partial charge in [-0.2, -0.15) is 5.26 Å². The van der Waals surface area contributed by atoms with Crippen molar-refractivity contribution in [3.63, 3.8) is 0 Å². The molecule has 3 rings (SSSR count). The normalized spacial score (nSPS) is 11.0. The molecule has 0 saturated carbocycles. The number of anilines is 1. The molecule has 1 N–H and O–H groups in total. The van der Waals surface area contributed by atoms with Gasteiger partial charge in [0.1, 0.15) is 18.2 Å². The molecule has 0 bridgehead atoms. The molecule has 0 fully saturated rings. The second-order valence-electron chi connectivity index (χ2n) is 7.26. The van der Waals surface area contributed by atoms with Gasteiger partial charge in [0.2, 0.25) is 0 Å². The van der Waals surface area contributed by atoms with Gasteiger partial charge in [-0.05, 0) is 71.2 Å². The lowest BCUT2D eigenvalue weighted by molar-refractivity contribution is -0.112. The van der Waals surface area contributed by atoms with E-state index in [4.69, 9.17) is 32.7 Å². The Bertz CT molecular complexity index is 1270. The number of halogens is 3. The lowest BCUT2D eigenvalue weighted by atomic mass is 10.1. The molecule has 5 nitrogen and oxygen atoms in total. The minimum Gasteiger partial charge on any atom is -0.490 e. The summed E-state index contributed by atoms with van der Waals surface area (Å²) in [6.07, 6.45) is 1.46. The van der Waals surface area contributed by atoms with Gasteiger partial charge < -0.3 is 14.8 Å². The Morgan fingerprint density at radius 1 is 1.15 bits per heavy atom. The Balaban J connectivity index is 1.86. The van der Waals surface area contributed by atoms with E-state index >= 15 is 0 Å². The van der Waals surface area contributed by atoms with Crippen LogP contribution in [0.4, 0.5) is 5.69 Å². The average Bonchev–Trinajstić information content (AvgIpc) is 2.81. The van der Waals surface area contributed by atoms with Crippen LogP contribution in [0.3, 0.4) is 0 Å². The molecular formula is C26H21BrCl2N2O3. The maximum Gasteiger partial charge on any atom is 0.266 e. The zero-order valence-corrected chi connectivity index (χ0v) is 21.6. The van der Waals surface area contributed by atoms with Gasteiger partial charge in [-0.3, -0.25) is 4.79 Å². The summed E-state index contributed by atoms with van der Waals surface area (Å²) in [6, 6.07) is 18.3. The van der Waals surface area contributed by atoms with Gasteiger partial charge in [0.15, 0.2) is 11.5 Å². The lowest BCUT2D eigenvalue weighted by Crippen LogP contribution is -2.13. The van der Waals surface area contributed by atoms with Crippen LogP contribution in [0.25, 0.3) is 6.08 Å². The first-order valence-electron chi connectivity index (χ1n) is 10.3. The van der Waals surface area contributed by atoms with Gasteiger partial charge in [-0.15, -0.1) is 0 Å². The fraction of sp³-hybridized carbons (Fsp3) is 0.154. The molecule has 34 heavy (non-hydrogen) atoms. The van der Waals surface area contributed by atoms with Crippen LogP contribution in [-0.2, 0) is 11.4 Å². The molecule has 0 saturated heterocycles. The van der Waals surface area contributed by atoms with Gasteiger partial charge in [-0.1, -0.05) is 59.1 Å². The van der Waals surface area contributed by atoms with Gasteiger partial charge in [0.05, 0.1) is 26.8 Å². The number of nitrogens with zero attached hydrogens (tertiary/aromatic N) is 1. The molecule has 174 valence electrons. The summed E-state index contributed by atoms with van der Waals surface area (Å²) in [4.78, 5) is 12.7. The van der Waals surface area contributed by atoms with Crippen LogP contribution in [0.15, 0.2) is 64.6 Å². The molecular weight excluding hydrogens is 539 g/mol. The highest BCUT2D eigenvalue weighted by Gasteiger charge is 2.16. The summed E-state index contributed by atoms with van der Waals surface area (Å²) in [6.45, 7) is 4.67. The highest BCUT2D eigenvalue weighted by atomic mass is 79.9. The van der Waals surface area contributed by atoms with Crippen LogP contribution in [-0.4, -0.2) is 12.5 Å². The predicted molar refractivity (Wildman–Crippen MR) is 140 cm³/mol. The number of nitriles is 1. The molecule has 0 aliphatic carbocycles. The maximum absolute atomic E-state index is 12.7. The van der Waals surface area contributed by atoms with Crippen LogP contribution in [0.2, 0.25) is 10.0 Å². The van der Waals surface area contributed by atoms with E-state index in [-0.39, 0.29) is 10.6 Å². The highest BCUT2D eigenvalue weighted by molar-refractivity contribution is 9.10. The summed E-state index contributed by atoms with van der Waals surface area (Å²) >= 11 is 15.7. The molecule has 0 heterocycles. The Kier molecular flexibility index (Phi) is 9.00. The molecule has 8 heteroatoms. The minimum absolute atomic E-state index is 0.112. The first-order chi connectivity index (χ1) is 16.3. The van der Waals surface area contributed by atoms with Crippen molar-refractivity contribution in [2.75, 3.05) is 11.9 Å². The SMILES string of the molecule is CCOc1cc(/C=C(/C#N)C(=O)Nc2cccc(Cl)c2Cl)cc(Br)c1OCc1ccc(C)cc1. The fourth-order valence-corrected chi connectivity index (χ4v) is 3.94. The number of benzene rings is 3. The average molecular weight is 560 g/mol. The zero-order chi connectivity index (χ0) is 24.7. The first kappa shape index (κ1) is 25.6. The third kappa shape index (κ3) is 6.54. The molecule has 0 aromatic heterocycles. The smallest absolute Gasteiger partial charge is 0.266 e. The van der Waals surface area contributed by atoms with Gasteiger partial charge in [-0.25, -0.2) is 0 Å². The number of hydrogen-bond donors (Lipinski definition) is 1. The van der Waals surface area contributed by atoms with E-state index in [0.29, 0.717) is 45.5 Å². The van der Waals surface area contributed by atoms with E-state index in [1.54, 1.807) is 30.3 Å². The monoisotopic (exact) mass is 558 g/mol. The van der Waals surface area contributed by atoms with Gasteiger partial charge >= 0.3 is 0 Å². The minimum atomic E-state index is -0.611. The largest absolute Gasteiger partial charge is 0.490 e. The van der Waals surface area contributed by atoms with Crippen LogP contribution in [0.1, 0.15) is 23.6 Å². The highest BCUT2D eigenvalue weighted by Crippen LogP contribution is 2.38. The summed E-state index contributed by atoms with van der Waals surface area (Å²) < 4.78 is 12.4. The van der Waals surface area contributed by atoms with Crippen LogP contribution >= 0.6 is 39.1 Å². The Hall–Kier alpha value is -2.98. The van der Waals surface area contributed by atoms with Crippen molar-refractivity contribution >= 4 is 56.8 Å². The third-order valence-electron chi connectivity index (χ3n) is 4.71. The number of carbonyl (C=O) groups is 1. The second kappa shape index (κ2) is 11.9. The lowest BCUT2D eigenvalue weighted by Gasteiger charge is -2.15. The van der Waals surface area contributed by atoms with Crippen molar-refractivity contribution in [2.45, 2.75) is 20.5 Å². The van der Waals surface area contributed by atoms with E-state index in [9.17, 15) is 10.1 Å². The topological polar surface area (TPSA) is 71.3 Å². The van der Waals surface area contributed by atoms with E-state index < -0.39 is 5.91 Å². The van der Waals surface area contributed by atoms with Crippen molar-refractivity contribution in [3.8, 4) is 17.6 Å². The number of amides is 1. The Labute approximate surface area is 217 Å². The Morgan fingerprint density at radius 3 is 2.56 bits per heavy atom. The molecule has 0 atom stereocenters. The van der Waals surface area contributed by atoms with Crippen molar-refractivity contribution in [3.05, 3.63) is 91.4 Å². The molecule has 3 aromatic carbocycles. The van der Waals surface area contributed by atoms with Gasteiger partial charge in [0, 0.05) is 0 Å². The van der Waals surface area contributed by atoms with Crippen molar-refractivity contribution < 1.29 is 14.3 Å². The van der Waals surface area contributed by atoms with E-state index in [1.807, 2.05) is 44.2 Å². The standard InChI is InChI=1S/C26H21BrCl2N2O3/c1-3-33-23-13-18(12-20(27)25(23)34-15-17-9-7-16(2)8-10-17)11-19(14-30)26(32)31-22-6-4-5-21(28)24(22)29/h4-13H,3,15H2,1-2H3,(H,31,32)/b19-11-. The van der Waals surface area contributed by atoms with Crippen molar-refractivity contribution in [2.24, 2.45) is 0 Å². The molecule has 0 spiro atoms. The molecule has 0 unspecified atom stereocenters. The summed E-state index contributed by atoms with van der Waals surface area (Å²) in [5.41, 5.74) is 2.98. The predicted octanol–water partition coefficient (Wildman–Crippen LogP) is 7.59. The number of hydrogen-bond acceptors (Lipinski definition) is 4. The number of ether oxygens (including phenoxy) is 2. The molecule has 0 aliphatic rings. The quantitative estimate of drug-likeness (QED) is 0.228.